The van der Waals surface area contributed by atoms with Crippen molar-refractivity contribution >= 4 is 33.1 Å². The van der Waals surface area contributed by atoms with E-state index in [1.165, 1.54) is 21.7 Å². The summed E-state index contributed by atoms with van der Waals surface area (Å²) in [6.45, 7) is 9.91. The summed E-state index contributed by atoms with van der Waals surface area (Å²) in [6.07, 6.45) is 0.818. The highest BCUT2D eigenvalue weighted by Gasteiger charge is 2.30. The number of benzene rings is 2. The first-order chi connectivity index (χ1) is 14.1. The Hall–Kier alpha value is -2.28. The molecular weight excluding hydrogens is 380 g/mol. The fourth-order valence-electron chi connectivity index (χ4n) is 4.02. The lowest BCUT2D eigenvalue weighted by molar-refractivity contribution is -1.02. The van der Waals surface area contributed by atoms with Crippen molar-refractivity contribution in [3.05, 3.63) is 59.1 Å². The van der Waals surface area contributed by atoms with Crippen molar-refractivity contribution in [2.75, 3.05) is 38.0 Å². The van der Waals surface area contributed by atoms with Crippen molar-refractivity contribution in [1.82, 2.24) is 4.98 Å². The van der Waals surface area contributed by atoms with E-state index < -0.39 is 0 Å². The molecule has 0 saturated carbocycles. The Bertz CT molecular complexity index is 927. The maximum atomic E-state index is 12.7. The first kappa shape index (κ1) is 20.0. The SMILES string of the molecule is CC[NH+]1CC[NH+]([C@@H](C)C(=O)Nc2ccc(Cc3nc4ccccc4s3)cc2)CC1. The summed E-state index contributed by atoms with van der Waals surface area (Å²) < 4.78 is 1.23. The van der Waals surface area contributed by atoms with Gasteiger partial charge in [-0.1, -0.05) is 24.3 Å². The van der Waals surface area contributed by atoms with Crippen LogP contribution in [0, 0.1) is 0 Å². The zero-order chi connectivity index (χ0) is 20.2. The Morgan fingerprint density at radius 1 is 1.10 bits per heavy atom. The van der Waals surface area contributed by atoms with Crippen LogP contribution in [0.3, 0.4) is 0 Å². The summed E-state index contributed by atoms with van der Waals surface area (Å²) in [5, 5.41) is 4.22. The van der Waals surface area contributed by atoms with Crippen LogP contribution >= 0.6 is 11.3 Å². The highest BCUT2D eigenvalue weighted by atomic mass is 32.1. The Morgan fingerprint density at radius 2 is 1.83 bits per heavy atom. The number of carbonyl (C=O) groups excluding carboxylic acids is 1. The van der Waals surface area contributed by atoms with Crippen molar-refractivity contribution in [2.45, 2.75) is 26.3 Å². The zero-order valence-corrected chi connectivity index (χ0v) is 18.0. The van der Waals surface area contributed by atoms with Gasteiger partial charge in [0.1, 0.15) is 26.2 Å². The molecule has 3 N–H and O–H groups in total. The molecule has 1 aromatic heterocycles. The standard InChI is InChI=1S/C23H28N4OS/c1-3-26-12-14-27(15-13-26)17(2)23(28)24-19-10-8-18(9-11-19)16-22-25-20-6-4-5-7-21(20)29-22/h4-11,17H,3,12-16H2,1-2H3,(H,24,28)/p+2/t17-/m0/s1. The lowest BCUT2D eigenvalue weighted by Gasteiger charge is -2.32. The van der Waals surface area contributed by atoms with Crippen molar-refractivity contribution < 1.29 is 14.6 Å². The first-order valence-electron chi connectivity index (χ1n) is 10.5. The molecule has 0 bridgehead atoms. The Labute approximate surface area is 176 Å². The molecule has 1 saturated heterocycles. The number of carbonyl (C=O) groups is 1. The van der Waals surface area contributed by atoms with Gasteiger partial charge in [0.2, 0.25) is 0 Å². The van der Waals surface area contributed by atoms with E-state index in [9.17, 15) is 4.79 Å². The molecule has 0 spiro atoms. The average molecular weight is 411 g/mol. The van der Waals surface area contributed by atoms with Crippen LogP contribution in [0.15, 0.2) is 48.5 Å². The molecule has 1 amide bonds. The normalized spacial score (nSPS) is 20.5. The number of quaternary nitrogens is 2. The number of amides is 1. The minimum Gasteiger partial charge on any atom is -0.326 e. The number of nitrogens with one attached hydrogen (secondary N) is 3. The van der Waals surface area contributed by atoms with Gasteiger partial charge >= 0.3 is 0 Å². The summed E-state index contributed by atoms with van der Waals surface area (Å²) in [5.74, 6) is 0.110. The molecule has 0 radical (unpaired) electrons. The van der Waals surface area contributed by atoms with E-state index in [0.717, 1.165) is 48.8 Å². The summed E-state index contributed by atoms with van der Waals surface area (Å²) in [4.78, 5) is 20.4. The van der Waals surface area contributed by atoms with Crippen LogP contribution in [0.5, 0.6) is 0 Å². The number of aromatic nitrogens is 1. The number of piperazine rings is 1. The van der Waals surface area contributed by atoms with E-state index in [0.29, 0.717) is 0 Å². The molecule has 2 aromatic carbocycles. The minimum atomic E-state index is -0.0177. The number of thiazole rings is 1. The largest absolute Gasteiger partial charge is 0.326 e. The van der Waals surface area contributed by atoms with Crippen LogP contribution in [-0.4, -0.2) is 49.7 Å². The van der Waals surface area contributed by atoms with Crippen LogP contribution < -0.4 is 15.1 Å². The monoisotopic (exact) mass is 410 g/mol. The van der Waals surface area contributed by atoms with Crippen molar-refractivity contribution in [1.29, 1.82) is 0 Å². The number of hydrogen-bond acceptors (Lipinski definition) is 3. The number of fused-ring (bicyclic) bond motifs is 1. The van der Waals surface area contributed by atoms with E-state index in [1.54, 1.807) is 16.2 Å². The second-order valence-corrected chi connectivity index (χ2v) is 9.04. The van der Waals surface area contributed by atoms with Gasteiger partial charge in [-0.05, 0) is 43.7 Å². The van der Waals surface area contributed by atoms with Gasteiger partial charge in [-0.15, -0.1) is 11.3 Å². The van der Waals surface area contributed by atoms with Gasteiger partial charge in [0.25, 0.3) is 5.91 Å². The topological polar surface area (TPSA) is 50.9 Å². The van der Waals surface area contributed by atoms with Crippen LogP contribution in [0.4, 0.5) is 5.69 Å². The molecule has 29 heavy (non-hydrogen) atoms. The van der Waals surface area contributed by atoms with Gasteiger partial charge in [-0.3, -0.25) is 4.79 Å². The zero-order valence-electron chi connectivity index (χ0n) is 17.2. The Balaban J connectivity index is 1.33. The molecule has 3 aromatic rings. The average Bonchev–Trinajstić information content (AvgIpc) is 3.17. The third-order valence-corrected chi connectivity index (χ3v) is 7.06. The molecule has 152 valence electrons. The van der Waals surface area contributed by atoms with E-state index >= 15 is 0 Å². The van der Waals surface area contributed by atoms with Gasteiger partial charge in [0.15, 0.2) is 6.04 Å². The summed E-state index contributed by atoms with van der Waals surface area (Å²) in [6, 6.07) is 16.4. The quantitative estimate of drug-likeness (QED) is 0.568. The van der Waals surface area contributed by atoms with Gasteiger partial charge in [-0.25, -0.2) is 4.98 Å². The summed E-state index contributed by atoms with van der Waals surface area (Å²) in [7, 11) is 0. The number of hydrogen-bond donors (Lipinski definition) is 3. The van der Waals surface area contributed by atoms with Gasteiger partial charge in [0, 0.05) is 12.1 Å². The Morgan fingerprint density at radius 3 is 2.52 bits per heavy atom. The lowest BCUT2D eigenvalue weighted by Crippen LogP contribution is -3.29. The van der Waals surface area contributed by atoms with E-state index in [4.69, 9.17) is 4.98 Å². The summed E-state index contributed by atoms with van der Waals surface area (Å²) >= 11 is 1.74. The first-order valence-corrected chi connectivity index (χ1v) is 11.4. The van der Waals surface area contributed by atoms with Crippen LogP contribution in [-0.2, 0) is 11.2 Å². The van der Waals surface area contributed by atoms with E-state index in [1.807, 2.05) is 25.1 Å². The fraction of sp³-hybridized carbons (Fsp3) is 0.391. The van der Waals surface area contributed by atoms with Gasteiger partial charge < -0.3 is 15.1 Å². The highest BCUT2D eigenvalue weighted by Crippen LogP contribution is 2.24. The molecule has 1 atom stereocenters. The lowest BCUT2D eigenvalue weighted by atomic mass is 10.1. The number of rotatable bonds is 6. The van der Waals surface area contributed by atoms with Gasteiger partial charge in [-0.2, -0.15) is 0 Å². The number of nitrogens with zero attached hydrogens (tertiary/aromatic N) is 1. The molecule has 0 unspecified atom stereocenters. The summed E-state index contributed by atoms with van der Waals surface area (Å²) in [5.41, 5.74) is 3.14. The molecule has 5 nitrogen and oxygen atoms in total. The molecule has 2 heterocycles. The second kappa shape index (κ2) is 9.03. The third-order valence-electron chi connectivity index (χ3n) is 6.02. The van der Waals surface area contributed by atoms with Crippen LogP contribution in [0.25, 0.3) is 10.2 Å². The van der Waals surface area contributed by atoms with E-state index in [2.05, 4.69) is 42.6 Å². The predicted octanol–water partition coefficient (Wildman–Crippen LogP) is 1.02. The third kappa shape index (κ3) is 4.83. The van der Waals surface area contributed by atoms with Crippen LogP contribution in [0.1, 0.15) is 24.4 Å². The maximum absolute atomic E-state index is 12.7. The molecular formula is C23H30N4OS+2. The number of para-hydroxylation sites is 1. The molecule has 1 aliphatic heterocycles. The van der Waals surface area contributed by atoms with Crippen LogP contribution in [0.2, 0.25) is 0 Å². The minimum absolute atomic E-state index is 0.0177. The maximum Gasteiger partial charge on any atom is 0.282 e. The number of likely N-dealkylation sites (N-methyl/N-ethyl adjacent to an activating group) is 1. The van der Waals surface area contributed by atoms with Crippen molar-refractivity contribution in [2.24, 2.45) is 0 Å². The number of anilines is 1. The smallest absolute Gasteiger partial charge is 0.282 e. The van der Waals surface area contributed by atoms with Gasteiger partial charge in [0.05, 0.1) is 21.8 Å². The van der Waals surface area contributed by atoms with Crippen molar-refractivity contribution in [3.8, 4) is 0 Å². The highest BCUT2D eigenvalue weighted by molar-refractivity contribution is 7.18. The molecule has 4 rings (SSSR count). The second-order valence-electron chi connectivity index (χ2n) is 7.92. The molecule has 1 fully saturated rings. The predicted molar refractivity (Wildman–Crippen MR) is 119 cm³/mol. The van der Waals surface area contributed by atoms with Crippen molar-refractivity contribution in [3.63, 3.8) is 0 Å². The molecule has 1 aliphatic rings. The molecule has 0 aliphatic carbocycles. The fourth-order valence-corrected chi connectivity index (χ4v) is 5.02. The molecule has 6 heteroatoms. The Kier molecular flexibility index (Phi) is 6.23. The van der Waals surface area contributed by atoms with E-state index in [-0.39, 0.29) is 11.9 Å².